The third kappa shape index (κ3) is 5.24. The van der Waals surface area contributed by atoms with Crippen molar-refractivity contribution in [3.05, 3.63) is 15.9 Å². The van der Waals surface area contributed by atoms with Crippen LogP contribution >= 0.6 is 15.9 Å². The van der Waals surface area contributed by atoms with E-state index < -0.39 is 0 Å². The maximum atomic E-state index is 5.46. The highest BCUT2D eigenvalue weighted by atomic mass is 79.9. The van der Waals surface area contributed by atoms with Crippen molar-refractivity contribution in [3.8, 4) is 0 Å². The monoisotopic (exact) mass is 331 g/mol. The first-order valence-electron chi connectivity index (χ1n) is 7.27. The van der Waals surface area contributed by atoms with Crippen molar-refractivity contribution in [2.24, 2.45) is 0 Å². The Labute approximate surface area is 125 Å². The van der Waals surface area contributed by atoms with E-state index in [-0.39, 0.29) is 0 Å². The molecule has 0 amide bonds. The number of nitrogens with zero attached hydrogens (tertiary/aromatic N) is 2. The molecule has 0 aliphatic heterocycles. The van der Waals surface area contributed by atoms with E-state index in [0.29, 0.717) is 0 Å². The Kier molecular flexibility index (Phi) is 8.34. The lowest BCUT2D eigenvalue weighted by Crippen LogP contribution is -2.19. The van der Waals surface area contributed by atoms with Crippen LogP contribution in [-0.2, 0) is 24.2 Å². The molecule has 1 aromatic heterocycles. The third-order valence-corrected chi connectivity index (χ3v) is 3.89. The second kappa shape index (κ2) is 9.50. The number of rotatable bonds is 10. The fourth-order valence-electron chi connectivity index (χ4n) is 1.94. The van der Waals surface area contributed by atoms with Crippen molar-refractivity contribution >= 4 is 15.9 Å². The molecule has 0 aliphatic carbocycles. The first-order chi connectivity index (χ1) is 9.24. The lowest BCUT2D eigenvalue weighted by atomic mass is 10.3. The number of aromatic nitrogens is 2. The normalized spacial score (nSPS) is 11.2. The smallest absolute Gasteiger partial charge is 0.0767 e. The van der Waals surface area contributed by atoms with Crippen molar-refractivity contribution in [3.63, 3.8) is 0 Å². The van der Waals surface area contributed by atoms with Gasteiger partial charge in [0.25, 0.3) is 0 Å². The van der Waals surface area contributed by atoms with E-state index in [1.165, 1.54) is 5.69 Å². The highest BCUT2D eigenvalue weighted by Gasteiger charge is 2.12. The lowest BCUT2D eigenvalue weighted by Gasteiger charge is -2.08. The van der Waals surface area contributed by atoms with E-state index in [4.69, 9.17) is 4.74 Å². The van der Waals surface area contributed by atoms with Gasteiger partial charge in [0, 0.05) is 26.3 Å². The van der Waals surface area contributed by atoms with Gasteiger partial charge in [0.1, 0.15) is 0 Å². The fraction of sp³-hybridized carbons (Fsp3) is 0.786. The molecule has 4 nitrogen and oxygen atoms in total. The van der Waals surface area contributed by atoms with Gasteiger partial charge >= 0.3 is 0 Å². The van der Waals surface area contributed by atoms with Crippen LogP contribution in [0.1, 0.15) is 45.0 Å². The average molecular weight is 332 g/mol. The summed E-state index contributed by atoms with van der Waals surface area (Å²) in [5, 5.41) is 8.05. The van der Waals surface area contributed by atoms with Gasteiger partial charge in [0.2, 0.25) is 0 Å². The minimum Gasteiger partial charge on any atom is -0.381 e. The van der Waals surface area contributed by atoms with Crippen LogP contribution in [0.25, 0.3) is 0 Å². The van der Waals surface area contributed by atoms with Gasteiger partial charge in [0.05, 0.1) is 15.9 Å². The molecule has 0 unspecified atom stereocenters. The Bertz CT molecular complexity index is 366. The summed E-state index contributed by atoms with van der Waals surface area (Å²) >= 11 is 3.66. The van der Waals surface area contributed by atoms with Crippen molar-refractivity contribution in [1.82, 2.24) is 15.1 Å². The molecular formula is C14H26BrN3O. The number of aryl methyl sites for hydroxylation is 2. The van der Waals surface area contributed by atoms with E-state index in [9.17, 15) is 0 Å². The van der Waals surface area contributed by atoms with E-state index in [2.05, 4.69) is 51.8 Å². The van der Waals surface area contributed by atoms with Crippen LogP contribution < -0.4 is 5.32 Å². The number of nitrogens with one attached hydrogen (secondary N) is 1. The Balaban J connectivity index is 2.34. The molecule has 0 saturated heterocycles. The fourth-order valence-corrected chi connectivity index (χ4v) is 2.64. The summed E-state index contributed by atoms with van der Waals surface area (Å²) in [4.78, 5) is 0. The standard InChI is InChI=1S/C14H26BrN3O/c1-4-9-19-10-7-8-16-11-13-14(15)12(5-2)17-18(13)6-3/h16H,4-11H2,1-3H3. The number of ether oxygens (including phenoxy) is 1. The molecule has 110 valence electrons. The van der Waals surface area contributed by atoms with Crippen molar-refractivity contribution < 1.29 is 4.74 Å². The molecular weight excluding hydrogens is 306 g/mol. The van der Waals surface area contributed by atoms with Crippen molar-refractivity contribution in [2.45, 2.75) is 53.1 Å². The molecule has 0 aliphatic rings. The predicted octanol–water partition coefficient (Wildman–Crippen LogP) is 3.13. The zero-order valence-electron chi connectivity index (χ0n) is 12.3. The van der Waals surface area contributed by atoms with Crippen LogP contribution in [0.4, 0.5) is 0 Å². The average Bonchev–Trinajstić information content (AvgIpc) is 2.74. The highest BCUT2D eigenvalue weighted by molar-refractivity contribution is 9.10. The first kappa shape index (κ1) is 16.7. The van der Waals surface area contributed by atoms with Crippen LogP contribution in [0.3, 0.4) is 0 Å². The van der Waals surface area contributed by atoms with Crippen LogP contribution in [-0.4, -0.2) is 29.5 Å². The zero-order valence-corrected chi connectivity index (χ0v) is 13.9. The Morgan fingerprint density at radius 2 is 2.05 bits per heavy atom. The molecule has 0 radical (unpaired) electrons. The van der Waals surface area contributed by atoms with Crippen molar-refractivity contribution in [1.29, 1.82) is 0 Å². The van der Waals surface area contributed by atoms with Crippen LogP contribution in [0.2, 0.25) is 0 Å². The maximum absolute atomic E-state index is 5.46. The third-order valence-electron chi connectivity index (χ3n) is 2.98. The van der Waals surface area contributed by atoms with Gasteiger partial charge in [-0.2, -0.15) is 5.10 Å². The second-order valence-electron chi connectivity index (χ2n) is 4.52. The minimum atomic E-state index is 0.843. The molecule has 5 heteroatoms. The molecule has 0 atom stereocenters. The van der Waals surface area contributed by atoms with Gasteiger partial charge in [-0.25, -0.2) is 0 Å². The summed E-state index contributed by atoms with van der Waals surface area (Å²) in [6.07, 6.45) is 3.11. The topological polar surface area (TPSA) is 39.1 Å². The van der Waals surface area contributed by atoms with Gasteiger partial charge in [-0.3, -0.25) is 4.68 Å². The Hall–Kier alpha value is -0.390. The molecule has 1 rings (SSSR count). The van der Waals surface area contributed by atoms with Crippen molar-refractivity contribution in [2.75, 3.05) is 19.8 Å². The lowest BCUT2D eigenvalue weighted by molar-refractivity contribution is 0.132. The zero-order chi connectivity index (χ0) is 14.1. The molecule has 19 heavy (non-hydrogen) atoms. The Morgan fingerprint density at radius 1 is 1.26 bits per heavy atom. The molecule has 1 aromatic rings. The van der Waals surface area contributed by atoms with Crippen LogP contribution in [0.5, 0.6) is 0 Å². The van der Waals surface area contributed by atoms with Gasteiger partial charge in [-0.15, -0.1) is 0 Å². The summed E-state index contributed by atoms with van der Waals surface area (Å²) in [6, 6.07) is 0. The van der Waals surface area contributed by atoms with Gasteiger partial charge in [-0.05, 0) is 48.7 Å². The van der Waals surface area contributed by atoms with E-state index in [1.807, 2.05) is 0 Å². The molecule has 1 heterocycles. The number of hydrogen-bond acceptors (Lipinski definition) is 3. The van der Waals surface area contributed by atoms with Crippen LogP contribution in [0, 0.1) is 0 Å². The van der Waals surface area contributed by atoms with Crippen LogP contribution in [0.15, 0.2) is 4.47 Å². The Morgan fingerprint density at radius 3 is 2.68 bits per heavy atom. The maximum Gasteiger partial charge on any atom is 0.0767 e. The molecule has 0 spiro atoms. The molecule has 1 N–H and O–H groups in total. The predicted molar refractivity (Wildman–Crippen MR) is 82.4 cm³/mol. The quantitative estimate of drug-likeness (QED) is 0.669. The summed E-state index contributed by atoms with van der Waals surface area (Å²) in [5.74, 6) is 0. The minimum absolute atomic E-state index is 0.843. The van der Waals surface area contributed by atoms with Gasteiger partial charge in [0.15, 0.2) is 0 Å². The molecule has 0 bridgehead atoms. The van der Waals surface area contributed by atoms with E-state index in [1.54, 1.807) is 0 Å². The number of hydrogen-bond donors (Lipinski definition) is 1. The SMILES string of the molecule is CCCOCCCNCc1c(Br)c(CC)nn1CC. The largest absolute Gasteiger partial charge is 0.381 e. The summed E-state index contributed by atoms with van der Waals surface area (Å²) in [7, 11) is 0. The number of halogens is 1. The summed E-state index contributed by atoms with van der Waals surface area (Å²) in [5.41, 5.74) is 2.39. The first-order valence-corrected chi connectivity index (χ1v) is 8.06. The second-order valence-corrected chi connectivity index (χ2v) is 5.31. The van der Waals surface area contributed by atoms with E-state index in [0.717, 1.165) is 62.3 Å². The molecule has 0 fully saturated rings. The summed E-state index contributed by atoms with van der Waals surface area (Å²) < 4.78 is 8.69. The summed E-state index contributed by atoms with van der Waals surface area (Å²) in [6.45, 7) is 10.9. The molecule has 0 saturated carbocycles. The molecule has 0 aromatic carbocycles. The van der Waals surface area contributed by atoms with Gasteiger partial charge in [-0.1, -0.05) is 13.8 Å². The van der Waals surface area contributed by atoms with E-state index >= 15 is 0 Å². The van der Waals surface area contributed by atoms with Gasteiger partial charge < -0.3 is 10.1 Å². The highest BCUT2D eigenvalue weighted by Crippen LogP contribution is 2.22.